The smallest absolute Gasteiger partial charge is 0.0954 e. The van der Waals surface area contributed by atoms with E-state index in [2.05, 4.69) is 15.2 Å². The van der Waals surface area contributed by atoms with Gasteiger partial charge in [-0.25, -0.2) is 0 Å². The van der Waals surface area contributed by atoms with E-state index in [0.717, 1.165) is 22.5 Å². The molecule has 0 saturated carbocycles. The Labute approximate surface area is 87.1 Å². The minimum absolute atomic E-state index is 0.462. The molecule has 0 fully saturated rings. The van der Waals surface area contributed by atoms with E-state index in [1.807, 2.05) is 19.1 Å². The van der Waals surface area contributed by atoms with Gasteiger partial charge in [-0.05, 0) is 24.6 Å². The van der Waals surface area contributed by atoms with Crippen LogP contribution in [0, 0.1) is 6.92 Å². The summed E-state index contributed by atoms with van der Waals surface area (Å²) in [6.45, 7) is 2.01. The van der Waals surface area contributed by atoms with Gasteiger partial charge in [0.2, 0.25) is 0 Å². The number of aromatic amines is 1. The number of pyridine rings is 1. The maximum atomic E-state index is 5.75. The molecule has 14 heavy (non-hydrogen) atoms. The lowest BCUT2D eigenvalue weighted by Crippen LogP contribution is -1.82. The molecule has 0 atom stereocenters. The number of aromatic nitrogens is 3. The van der Waals surface area contributed by atoms with Gasteiger partial charge in [-0.1, -0.05) is 0 Å². The van der Waals surface area contributed by atoms with E-state index in [9.17, 15) is 0 Å². The standard InChI is InChI=1S/C10H10ClN3/c1-7-9(6-11)13-14-10(7)8-2-4-12-5-3-8/h2-5H,6H2,1H3,(H,13,14). The highest BCUT2D eigenvalue weighted by molar-refractivity contribution is 6.17. The van der Waals surface area contributed by atoms with Crippen LogP contribution in [0.4, 0.5) is 0 Å². The molecule has 0 unspecified atom stereocenters. The highest BCUT2D eigenvalue weighted by Crippen LogP contribution is 2.22. The normalized spacial score (nSPS) is 10.4. The lowest BCUT2D eigenvalue weighted by Gasteiger charge is -1.97. The zero-order valence-corrected chi connectivity index (χ0v) is 8.54. The third kappa shape index (κ3) is 1.51. The van der Waals surface area contributed by atoms with Crippen molar-refractivity contribution in [3.8, 4) is 11.3 Å². The van der Waals surface area contributed by atoms with Crippen LogP contribution in [0.3, 0.4) is 0 Å². The van der Waals surface area contributed by atoms with Crippen LogP contribution in [-0.4, -0.2) is 15.2 Å². The van der Waals surface area contributed by atoms with Crippen LogP contribution in [0.15, 0.2) is 24.5 Å². The van der Waals surface area contributed by atoms with Crippen molar-refractivity contribution in [1.29, 1.82) is 0 Å². The van der Waals surface area contributed by atoms with Crippen LogP contribution in [-0.2, 0) is 5.88 Å². The first-order chi connectivity index (χ1) is 6.83. The van der Waals surface area contributed by atoms with Crippen molar-refractivity contribution in [1.82, 2.24) is 15.2 Å². The Bertz CT molecular complexity index is 422. The number of hydrogen-bond acceptors (Lipinski definition) is 2. The molecule has 0 aromatic carbocycles. The van der Waals surface area contributed by atoms with Crippen molar-refractivity contribution in [3.05, 3.63) is 35.8 Å². The summed E-state index contributed by atoms with van der Waals surface area (Å²) in [6, 6.07) is 3.86. The molecule has 2 rings (SSSR count). The summed E-state index contributed by atoms with van der Waals surface area (Å²) in [7, 11) is 0. The number of alkyl halides is 1. The molecule has 0 bridgehead atoms. The SMILES string of the molecule is Cc1c(-c2ccncc2)n[nH]c1CCl. The van der Waals surface area contributed by atoms with Gasteiger partial charge in [-0.2, -0.15) is 5.10 Å². The number of H-pyrrole nitrogens is 1. The van der Waals surface area contributed by atoms with Crippen LogP contribution < -0.4 is 0 Å². The number of halogens is 1. The summed E-state index contributed by atoms with van der Waals surface area (Å²) in [5, 5.41) is 7.14. The highest BCUT2D eigenvalue weighted by Gasteiger charge is 2.09. The van der Waals surface area contributed by atoms with Gasteiger partial charge < -0.3 is 0 Å². The summed E-state index contributed by atoms with van der Waals surface area (Å²) in [4.78, 5) is 3.96. The maximum absolute atomic E-state index is 5.75. The number of rotatable bonds is 2. The molecule has 0 spiro atoms. The molecule has 0 aliphatic heterocycles. The van der Waals surface area contributed by atoms with Crippen molar-refractivity contribution < 1.29 is 0 Å². The minimum Gasteiger partial charge on any atom is -0.280 e. The molecular formula is C10H10ClN3. The first kappa shape index (κ1) is 9.21. The number of nitrogens with one attached hydrogen (secondary N) is 1. The summed E-state index contributed by atoms with van der Waals surface area (Å²) in [5.41, 5.74) is 4.08. The van der Waals surface area contributed by atoms with E-state index in [1.54, 1.807) is 12.4 Å². The molecule has 72 valence electrons. The largest absolute Gasteiger partial charge is 0.280 e. The Hall–Kier alpha value is -1.35. The van der Waals surface area contributed by atoms with E-state index < -0.39 is 0 Å². The minimum atomic E-state index is 0.462. The maximum Gasteiger partial charge on any atom is 0.0954 e. The fourth-order valence-electron chi connectivity index (χ4n) is 1.35. The third-order valence-corrected chi connectivity index (χ3v) is 2.47. The van der Waals surface area contributed by atoms with Gasteiger partial charge in [0.05, 0.1) is 17.3 Å². The first-order valence-electron chi connectivity index (χ1n) is 4.33. The third-order valence-electron chi connectivity index (χ3n) is 2.20. The topological polar surface area (TPSA) is 41.6 Å². The Morgan fingerprint density at radius 2 is 2.07 bits per heavy atom. The predicted octanol–water partition coefficient (Wildman–Crippen LogP) is 2.52. The monoisotopic (exact) mass is 207 g/mol. The van der Waals surface area contributed by atoms with Gasteiger partial charge >= 0.3 is 0 Å². The number of nitrogens with zero attached hydrogens (tertiary/aromatic N) is 2. The Morgan fingerprint density at radius 3 is 2.64 bits per heavy atom. The van der Waals surface area contributed by atoms with Crippen LogP contribution >= 0.6 is 11.6 Å². The Kier molecular flexibility index (Phi) is 2.50. The van der Waals surface area contributed by atoms with Crippen LogP contribution in [0.1, 0.15) is 11.3 Å². The molecule has 0 aliphatic rings. The van der Waals surface area contributed by atoms with E-state index in [0.29, 0.717) is 5.88 Å². The fraction of sp³-hybridized carbons (Fsp3) is 0.200. The second kappa shape index (κ2) is 3.80. The van der Waals surface area contributed by atoms with Gasteiger partial charge in [-0.15, -0.1) is 11.6 Å². The molecule has 0 radical (unpaired) electrons. The molecular weight excluding hydrogens is 198 g/mol. The zero-order chi connectivity index (χ0) is 9.97. The van der Waals surface area contributed by atoms with Crippen molar-refractivity contribution in [3.63, 3.8) is 0 Å². The van der Waals surface area contributed by atoms with Crippen molar-refractivity contribution in [2.75, 3.05) is 0 Å². The molecule has 0 amide bonds. The lowest BCUT2D eigenvalue weighted by molar-refractivity contribution is 1.03. The van der Waals surface area contributed by atoms with Gasteiger partial charge in [0, 0.05) is 18.0 Å². The predicted molar refractivity (Wildman–Crippen MR) is 56.1 cm³/mol. The van der Waals surface area contributed by atoms with Crippen LogP contribution in [0.2, 0.25) is 0 Å². The van der Waals surface area contributed by atoms with Gasteiger partial charge in [0.25, 0.3) is 0 Å². The molecule has 0 aliphatic carbocycles. The van der Waals surface area contributed by atoms with Gasteiger partial charge in [0.1, 0.15) is 0 Å². The fourth-order valence-corrected chi connectivity index (χ4v) is 1.62. The lowest BCUT2D eigenvalue weighted by atomic mass is 10.1. The molecule has 2 heterocycles. The van der Waals surface area contributed by atoms with Crippen molar-refractivity contribution >= 4 is 11.6 Å². The molecule has 2 aromatic heterocycles. The summed E-state index contributed by atoms with van der Waals surface area (Å²) < 4.78 is 0. The Balaban J connectivity index is 2.48. The van der Waals surface area contributed by atoms with Crippen LogP contribution in [0.5, 0.6) is 0 Å². The van der Waals surface area contributed by atoms with E-state index >= 15 is 0 Å². The van der Waals surface area contributed by atoms with Gasteiger partial charge in [-0.3, -0.25) is 10.1 Å². The quantitative estimate of drug-likeness (QED) is 0.769. The molecule has 1 N–H and O–H groups in total. The van der Waals surface area contributed by atoms with Gasteiger partial charge in [0.15, 0.2) is 0 Å². The summed E-state index contributed by atoms with van der Waals surface area (Å²) in [5.74, 6) is 0.462. The summed E-state index contributed by atoms with van der Waals surface area (Å²) in [6.07, 6.45) is 3.51. The molecule has 3 nitrogen and oxygen atoms in total. The second-order valence-electron chi connectivity index (χ2n) is 3.05. The summed E-state index contributed by atoms with van der Waals surface area (Å²) >= 11 is 5.75. The van der Waals surface area contributed by atoms with E-state index in [4.69, 9.17) is 11.6 Å². The van der Waals surface area contributed by atoms with E-state index in [-0.39, 0.29) is 0 Å². The van der Waals surface area contributed by atoms with E-state index in [1.165, 1.54) is 0 Å². The van der Waals surface area contributed by atoms with Crippen molar-refractivity contribution in [2.45, 2.75) is 12.8 Å². The highest BCUT2D eigenvalue weighted by atomic mass is 35.5. The van der Waals surface area contributed by atoms with Crippen molar-refractivity contribution in [2.24, 2.45) is 0 Å². The zero-order valence-electron chi connectivity index (χ0n) is 7.79. The second-order valence-corrected chi connectivity index (χ2v) is 3.31. The first-order valence-corrected chi connectivity index (χ1v) is 4.86. The number of hydrogen-bond donors (Lipinski definition) is 1. The molecule has 4 heteroatoms. The molecule has 0 saturated heterocycles. The van der Waals surface area contributed by atoms with Crippen LogP contribution in [0.25, 0.3) is 11.3 Å². The molecule has 2 aromatic rings. The average molecular weight is 208 g/mol. The average Bonchev–Trinajstić information content (AvgIpc) is 2.61. The Morgan fingerprint density at radius 1 is 1.36 bits per heavy atom.